The first-order valence-electron chi connectivity index (χ1n) is 7.34. The molecule has 0 radical (unpaired) electrons. The molecule has 2 rings (SSSR count). The molecule has 2 aromatic carbocycles. The summed E-state index contributed by atoms with van der Waals surface area (Å²) >= 11 is 3.53. The molecule has 0 aromatic heterocycles. The second kappa shape index (κ2) is 7.19. The third kappa shape index (κ3) is 3.53. The lowest BCUT2D eigenvalue weighted by Crippen LogP contribution is -2.18. The molecule has 0 saturated carbocycles. The SMILES string of the molecule is CCc1ccc(C(NC)c2cc(F)ccc2Br)cc1CC. The van der Waals surface area contributed by atoms with Crippen molar-refractivity contribution in [2.24, 2.45) is 0 Å². The van der Waals surface area contributed by atoms with Gasteiger partial charge >= 0.3 is 0 Å². The van der Waals surface area contributed by atoms with Gasteiger partial charge in [-0.05, 0) is 60.3 Å². The Morgan fingerprint density at radius 2 is 1.76 bits per heavy atom. The fourth-order valence-corrected chi connectivity index (χ4v) is 3.21. The number of benzene rings is 2. The first kappa shape index (κ1) is 16.2. The summed E-state index contributed by atoms with van der Waals surface area (Å²) in [5, 5.41) is 3.29. The van der Waals surface area contributed by atoms with Crippen LogP contribution < -0.4 is 5.32 Å². The summed E-state index contributed by atoms with van der Waals surface area (Å²) in [4.78, 5) is 0. The van der Waals surface area contributed by atoms with Crippen molar-refractivity contribution in [1.29, 1.82) is 0 Å². The number of nitrogens with one attached hydrogen (secondary N) is 1. The van der Waals surface area contributed by atoms with Crippen LogP contribution in [0.4, 0.5) is 4.39 Å². The smallest absolute Gasteiger partial charge is 0.123 e. The minimum atomic E-state index is -0.214. The van der Waals surface area contributed by atoms with Crippen LogP contribution in [0, 0.1) is 5.82 Å². The zero-order chi connectivity index (χ0) is 15.4. The van der Waals surface area contributed by atoms with Crippen LogP contribution in [0.25, 0.3) is 0 Å². The summed E-state index contributed by atoms with van der Waals surface area (Å²) in [6.45, 7) is 4.34. The molecule has 1 atom stereocenters. The highest BCUT2D eigenvalue weighted by Crippen LogP contribution is 2.30. The van der Waals surface area contributed by atoms with Crippen molar-refractivity contribution in [2.75, 3.05) is 7.05 Å². The Balaban J connectivity index is 2.48. The van der Waals surface area contributed by atoms with Gasteiger partial charge in [0, 0.05) is 4.47 Å². The second-order valence-corrected chi connectivity index (χ2v) is 5.98. The van der Waals surface area contributed by atoms with Crippen molar-refractivity contribution in [2.45, 2.75) is 32.7 Å². The summed E-state index contributed by atoms with van der Waals surface area (Å²) in [5.74, 6) is -0.214. The summed E-state index contributed by atoms with van der Waals surface area (Å²) < 4.78 is 14.5. The number of hydrogen-bond acceptors (Lipinski definition) is 1. The normalized spacial score (nSPS) is 12.4. The molecule has 3 heteroatoms. The van der Waals surface area contributed by atoms with Crippen molar-refractivity contribution >= 4 is 15.9 Å². The van der Waals surface area contributed by atoms with Gasteiger partial charge in [0.05, 0.1) is 6.04 Å². The summed E-state index contributed by atoms with van der Waals surface area (Å²) in [5.41, 5.74) is 4.83. The lowest BCUT2D eigenvalue weighted by atomic mass is 9.93. The minimum absolute atomic E-state index is 0.0220. The van der Waals surface area contributed by atoms with Gasteiger partial charge in [0.25, 0.3) is 0 Å². The van der Waals surface area contributed by atoms with Crippen molar-refractivity contribution in [1.82, 2.24) is 5.32 Å². The Kier molecular flexibility index (Phi) is 5.54. The monoisotopic (exact) mass is 349 g/mol. The fraction of sp³-hybridized carbons (Fsp3) is 0.333. The van der Waals surface area contributed by atoms with Gasteiger partial charge in [-0.15, -0.1) is 0 Å². The topological polar surface area (TPSA) is 12.0 Å². The van der Waals surface area contributed by atoms with Crippen LogP contribution in [-0.4, -0.2) is 7.05 Å². The zero-order valence-corrected chi connectivity index (χ0v) is 14.3. The van der Waals surface area contributed by atoms with Gasteiger partial charge in [0.1, 0.15) is 5.82 Å². The van der Waals surface area contributed by atoms with E-state index >= 15 is 0 Å². The Morgan fingerprint density at radius 3 is 2.38 bits per heavy atom. The van der Waals surface area contributed by atoms with Crippen LogP contribution in [-0.2, 0) is 12.8 Å². The van der Waals surface area contributed by atoms with E-state index in [9.17, 15) is 4.39 Å². The van der Waals surface area contributed by atoms with Crippen molar-refractivity contribution < 1.29 is 4.39 Å². The molecule has 0 fully saturated rings. The molecule has 1 nitrogen and oxygen atoms in total. The molecule has 0 saturated heterocycles. The maximum atomic E-state index is 13.6. The number of hydrogen-bond donors (Lipinski definition) is 1. The molecule has 0 aliphatic heterocycles. The molecule has 21 heavy (non-hydrogen) atoms. The van der Waals surface area contributed by atoms with Gasteiger partial charge < -0.3 is 5.32 Å². The largest absolute Gasteiger partial charge is 0.309 e. The molecule has 0 amide bonds. The van der Waals surface area contributed by atoms with Gasteiger partial charge in [-0.1, -0.05) is 48.0 Å². The predicted octanol–water partition coefficient (Wildman–Crippen LogP) is 5.02. The third-order valence-corrected chi connectivity index (χ3v) is 4.61. The molecule has 0 bridgehead atoms. The average Bonchev–Trinajstić information content (AvgIpc) is 2.51. The van der Waals surface area contributed by atoms with Gasteiger partial charge in [-0.2, -0.15) is 0 Å². The average molecular weight is 350 g/mol. The van der Waals surface area contributed by atoms with E-state index in [0.29, 0.717) is 0 Å². The van der Waals surface area contributed by atoms with Crippen molar-refractivity contribution in [3.63, 3.8) is 0 Å². The van der Waals surface area contributed by atoms with E-state index in [1.54, 1.807) is 12.1 Å². The lowest BCUT2D eigenvalue weighted by Gasteiger charge is -2.20. The summed E-state index contributed by atoms with van der Waals surface area (Å²) in [6, 6.07) is 11.4. The molecular formula is C18H21BrFN. The Bertz CT molecular complexity index is 625. The van der Waals surface area contributed by atoms with Crippen LogP contribution in [0.5, 0.6) is 0 Å². The van der Waals surface area contributed by atoms with E-state index in [-0.39, 0.29) is 11.9 Å². The lowest BCUT2D eigenvalue weighted by molar-refractivity contribution is 0.615. The van der Waals surface area contributed by atoms with E-state index in [1.807, 2.05) is 7.05 Å². The van der Waals surface area contributed by atoms with Gasteiger partial charge in [0.15, 0.2) is 0 Å². The first-order valence-corrected chi connectivity index (χ1v) is 8.13. The Hall–Kier alpha value is -1.19. The maximum Gasteiger partial charge on any atom is 0.123 e. The van der Waals surface area contributed by atoms with E-state index < -0.39 is 0 Å². The molecule has 1 N–H and O–H groups in total. The fourth-order valence-electron chi connectivity index (χ4n) is 2.74. The molecule has 0 spiro atoms. The van der Waals surface area contributed by atoms with E-state index in [2.05, 4.69) is 53.3 Å². The van der Waals surface area contributed by atoms with Crippen molar-refractivity contribution in [3.05, 3.63) is 68.9 Å². The van der Waals surface area contributed by atoms with Gasteiger partial charge in [0.2, 0.25) is 0 Å². The Labute approximate surface area is 134 Å². The molecule has 2 aromatic rings. The van der Waals surface area contributed by atoms with E-state index in [0.717, 1.165) is 28.4 Å². The van der Waals surface area contributed by atoms with E-state index in [1.165, 1.54) is 17.2 Å². The van der Waals surface area contributed by atoms with Crippen molar-refractivity contribution in [3.8, 4) is 0 Å². The zero-order valence-electron chi connectivity index (χ0n) is 12.7. The molecule has 0 aliphatic rings. The minimum Gasteiger partial charge on any atom is -0.309 e. The molecule has 0 heterocycles. The highest BCUT2D eigenvalue weighted by Gasteiger charge is 2.16. The molecule has 1 unspecified atom stereocenters. The predicted molar refractivity (Wildman–Crippen MR) is 90.2 cm³/mol. The number of halogens is 2. The van der Waals surface area contributed by atoms with Crippen LogP contribution in [0.3, 0.4) is 0 Å². The summed E-state index contributed by atoms with van der Waals surface area (Å²) in [7, 11) is 1.90. The van der Waals surface area contributed by atoms with Gasteiger partial charge in [-0.3, -0.25) is 0 Å². The van der Waals surface area contributed by atoms with Gasteiger partial charge in [-0.25, -0.2) is 4.39 Å². The molecule has 0 aliphatic carbocycles. The third-order valence-electron chi connectivity index (χ3n) is 3.88. The molecular weight excluding hydrogens is 329 g/mol. The number of rotatable bonds is 5. The molecule has 112 valence electrons. The highest BCUT2D eigenvalue weighted by molar-refractivity contribution is 9.10. The second-order valence-electron chi connectivity index (χ2n) is 5.12. The van der Waals surface area contributed by atoms with Crippen LogP contribution >= 0.6 is 15.9 Å². The number of aryl methyl sites for hydroxylation is 2. The first-order chi connectivity index (χ1) is 10.1. The Morgan fingerprint density at radius 1 is 1.05 bits per heavy atom. The van der Waals surface area contributed by atoms with Crippen LogP contribution in [0.15, 0.2) is 40.9 Å². The van der Waals surface area contributed by atoms with Crippen LogP contribution in [0.2, 0.25) is 0 Å². The van der Waals surface area contributed by atoms with E-state index in [4.69, 9.17) is 0 Å². The van der Waals surface area contributed by atoms with Crippen LogP contribution in [0.1, 0.15) is 42.1 Å². The maximum absolute atomic E-state index is 13.6. The highest BCUT2D eigenvalue weighted by atomic mass is 79.9. The standard InChI is InChI=1S/C18H21BrFN/c1-4-12-6-7-14(10-13(12)5-2)18(21-3)16-11-15(20)8-9-17(16)19/h6-11,18,21H,4-5H2,1-3H3. The quantitative estimate of drug-likeness (QED) is 0.798. The summed E-state index contributed by atoms with van der Waals surface area (Å²) in [6.07, 6.45) is 2.05.